The van der Waals surface area contributed by atoms with Crippen LogP contribution in [-0.2, 0) is 6.54 Å². The first-order chi connectivity index (χ1) is 8.56. The summed E-state index contributed by atoms with van der Waals surface area (Å²) < 4.78 is 0.688. The highest BCUT2D eigenvalue weighted by atomic mass is 35.5. The Morgan fingerprint density at radius 1 is 1.44 bits per heavy atom. The fourth-order valence-corrected chi connectivity index (χ4v) is 2.54. The highest BCUT2D eigenvalue weighted by Gasteiger charge is 2.14. The van der Waals surface area contributed by atoms with Gasteiger partial charge < -0.3 is 4.90 Å². The maximum absolute atomic E-state index is 12.0. The lowest BCUT2D eigenvalue weighted by molar-refractivity contribution is 0.0779. The standard InChI is InChI=1S/C11H10ClN3O2S/c1-15(6-7-2-4-9(12)18-7)11(17)8-3-5-10(16)14-13-8/h2-5H,6H2,1H3,(H,14,16). The number of thiophene rings is 1. The summed E-state index contributed by atoms with van der Waals surface area (Å²) in [6.45, 7) is 0.455. The van der Waals surface area contributed by atoms with Gasteiger partial charge >= 0.3 is 0 Å². The molecule has 2 aromatic rings. The third-order valence-corrected chi connectivity index (χ3v) is 3.48. The molecule has 1 amide bonds. The van der Waals surface area contributed by atoms with Crippen molar-refractivity contribution in [2.45, 2.75) is 6.54 Å². The number of hydrogen-bond acceptors (Lipinski definition) is 4. The summed E-state index contributed by atoms with van der Waals surface area (Å²) in [7, 11) is 1.67. The zero-order chi connectivity index (χ0) is 13.1. The van der Waals surface area contributed by atoms with E-state index in [1.807, 2.05) is 6.07 Å². The molecule has 0 aliphatic carbocycles. The predicted octanol–water partition coefficient (Wildman–Crippen LogP) is 1.76. The lowest BCUT2D eigenvalue weighted by Gasteiger charge is -2.15. The monoisotopic (exact) mass is 283 g/mol. The van der Waals surface area contributed by atoms with Crippen molar-refractivity contribution in [2.75, 3.05) is 7.05 Å². The number of aromatic nitrogens is 2. The van der Waals surface area contributed by atoms with Crippen molar-refractivity contribution in [3.05, 3.63) is 49.5 Å². The van der Waals surface area contributed by atoms with Crippen LogP contribution in [0.15, 0.2) is 29.1 Å². The summed E-state index contributed by atoms with van der Waals surface area (Å²) in [6, 6.07) is 6.34. The SMILES string of the molecule is CN(Cc1ccc(Cl)s1)C(=O)c1ccc(=O)[nH]n1. The molecule has 0 radical (unpaired) electrons. The Labute approximate surface area is 112 Å². The van der Waals surface area contributed by atoms with Crippen LogP contribution >= 0.6 is 22.9 Å². The summed E-state index contributed by atoms with van der Waals surface area (Å²) in [6.07, 6.45) is 0. The van der Waals surface area contributed by atoms with Crippen LogP contribution in [0.1, 0.15) is 15.4 Å². The van der Waals surface area contributed by atoms with Gasteiger partial charge in [0, 0.05) is 18.0 Å². The Balaban J connectivity index is 2.09. The highest BCUT2D eigenvalue weighted by Crippen LogP contribution is 2.22. The molecule has 5 nitrogen and oxygen atoms in total. The molecule has 0 aliphatic rings. The van der Waals surface area contributed by atoms with Crippen LogP contribution in [0.5, 0.6) is 0 Å². The molecule has 0 aliphatic heterocycles. The zero-order valence-electron chi connectivity index (χ0n) is 9.51. The van der Waals surface area contributed by atoms with Gasteiger partial charge in [-0.25, -0.2) is 5.10 Å². The average molecular weight is 284 g/mol. The normalized spacial score (nSPS) is 10.3. The number of nitrogens with zero attached hydrogens (tertiary/aromatic N) is 2. The molecule has 0 saturated heterocycles. The molecule has 1 N–H and O–H groups in total. The van der Waals surface area contributed by atoms with E-state index in [0.717, 1.165) is 4.88 Å². The number of H-pyrrole nitrogens is 1. The van der Waals surface area contributed by atoms with Gasteiger partial charge in [0.2, 0.25) is 0 Å². The molecule has 0 aromatic carbocycles. The highest BCUT2D eigenvalue weighted by molar-refractivity contribution is 7.16. The van der Waals surface area contributed by atoms with Crippen molar-refractivity contribution < 1.29 is 4.79 Å². The second kappa shape index (κ2) is 5.32. The maximum atomic E-state index is 12.0. The van der Waals surface area contributed by atoms with Crippen LogP contribution in [0.2, 0.25) is 4.34 Å². The van der Waals surface area contributed by atoms with Crippen LogP contribution in [0.25, 0.3) is 0 Å². The number of carbonyl (C=O) groups is 1. The van der Waals surface area contributed by atoms with Crippen molar-refractivity contribution in [3.8, 4) is 0 Å². The Bertz CT molecular complexity index is 602. The number of halogens is 1. The lowest BCUT2D eigenvalue weighted by Crippen LogP contribution is -2.27. The molecular weight excluding hydrogens is 274 g/mol. The van der Waals surface area contributed by atoms with Gasteiger partial charge in [0.15, 0.2) is 0 Å². The Morgan fingerprint density at radius 2 is 2.22 bits per heavy atom. The minimum Gasteiger partial charge on any atom is -0.335 e. The van der Waals surface area contributed by atoms with Crippen LogP contribution in [0.3, 0.4) is 0 Å². The van der Waals surface area contributed by atoms with E-state index in [1.54, 1.807) is 13.1 Å². The smallest absolute Gasteiger partial charge is 0.274 e. The average Bonchev–Trinajstić information content (AvgIpc) is 2.75. The van der Waals surface area contributed by atoms with E-state index in [1.165, 1.54) is 28.4 Å². The van der Waals surface area contributed by atoms with E-state index in [4.69, 9.17) is 11.6 Å². The van der Waals surface area contributed by atoms with Gasteiger partial charge in [-0.05, 0) is 18.2 Å². The molecular formula is C11H10ClN3O2S. The third kappa shape index (κ3) is 2.96. The summed E-state index contributed by atoms with van der Waals surface area (Å²) in [5, 5.41) is 5.93. The van der Waals surface area contributed by atoms with E-state index in [2.05, 4.69) is 10.2 Å². The molecule has 0 fully saturated rings. The number of rotatable bonds is 3. The first-order valence-electron chi connectivity index (χ1n) is 5.11. The molecule has 94 valence electrons. The number of nitrogens with one attached hydrogen (secondary N) is 1. The summed E-state index contributed by atoms with van der Waals surface area (Å²) in [5.41, 5.74) is -0.126. The molecule has 7 heteroatoms. The van der Waals surface area contributed by atoms with Gasteiger partial charge in [0.25, 0.3) is 11.5 Å². The van der Waals surface area contributed by atoms with Gasteiger partial charge in [-0.15, -0.1) is 11.3 Å². The first-order valence-corrected chi connectivity index (χ1v) is 6.31. The Hall–Kier alpha value is -1.66. The second-order valence-corrected chi connectivity index (χ2v) is 5.47. The van der Waals surface area contributed by atoms with Crippen LogP contribution in [-0.4, -0.2) is 28.1 Å². The minimum atomic E-state index is -0.334. The summed E-state index contributed by atoms with van der Waals surface area (Å²) in [4.78, 5) is 25.3. The molecule has 0 saturated carbocycles. The predicted molar refractivity (Wildman–Crippen MR) is 70.0 cm³/mol. The number of hydrogen-bond donors (Lipinski definition) is 1. The Kier molecular flexibility index (Phi) is 3.78. The van der Waals surface area contributed by atoms with E-state index in [0.29, 0.717) is 10.9 Å². The van der Waals surface area contributed by atoms with Crippen molar-refractivity contribution in [3.63, 3.8) is 0 Å². The second-order valence-electron chi connectivity index (χ2n) is 3.67. The molecule has 2 heterocycles. The number of amides is 1. The van der Waals surface area contributed by atoms with Crippen molar-refractivity contribution in [1.82, 2.24) is 15.1 Å². The molecule has 0 spiro atoms. The van der Waals surface area contributed by atoms with Crippen LogP contribution in [0, 0.1) is 0 Å². The van der Waals surface area contributed by atoms with Gasteiger partial charge in [-0.3, -0.25) is 9.59 Å². The molecule has 0 bridgehead atoms. The van der Waals surface area contributed by atoms with Crippen molar-refractivity contribution >= 4 is 28.8 Å². The quantitative estimate of drug-likeness (QED) is 0.933. The minimum absolute atomic E-state index is 0.208. The van der Waals surface area contributed by atoms with Gasteiger partial charge in [0.05, 0.1) is 10.9 Å². The van der Waals surface area contributed by atoms with Crippen molar-refractivity contribution in [1.29, 1.82) is 0 Å². The maximum Gasteiger partial charge on any atom is 0.274 e. The molecule has 0 unspecified atom stereocenters. The van der Waals surface area contributed by atoms with Gasteiger partial charge in [0.1, 0.15) is 5.69 Å². The fourth-order valence-electron chi connectivity index (χ4n) is 1.40. The van der Waals surface area contributed by atoms with Gasteiger partial charge in [-0.2, -0.15) is 5.10 Å². The number of aromatic amines is 1. The largest absolute Gasteiger partial charge is 0.335 e. The van der Waals surface area contributed by atoms with Crippen LogP contribution < -0.4 is 5.56 Å². The first kappa shape index (κ1) is 12.8. The van der Waals surface area contributed by atoms with E-state index in [9.17, 15) is 9.59 Å². The van der Waals surface area contributed by atoms with E-state index in [-0.39, 0.29) is 17.2 Å². The fraction of sp³-hybridized carbons (Fsp3) is 0.182. The van der Waals surface area contributed by atoms with Gasteiger partial charge in [-0.1, -0.05) is 11.6 Å². The summed E-state index contributed by atoms with van der Waals surface area (Å²) in [5.74, 6) is -0.254. The van der Waals surface area contributed by atoms with E-state index < -0.39 is 0 Å². The molecule has 0 atom stereocenters. The molecule has 18 heavy (non-hydrogen) atoms. The summed E-state index contributed by atoms with van der Waals surface area (Å²) >= 11 is 7.25. The van der Waals surface area contributed by atoms with Crippen molar-refractivity contribution in [2.24, 2.45) is 0 Å². The molecule has 2 rings (SSSR count). The lowest BCUT2D eigenvalue weighted by atomic mass is 10.3. The number of carbonyl (C=O) groups excluding carboxylic acids is 1. The van der Waals surface area contributed by atoms with Crippen LogP contribution in [0.4, 0.5) is 0 Å². The third-order valence-electron chi connectivity index (χ3n) is 2.27. The van der Waals surface area contributed by atoms with E-state index >= 15 is 0 Å². The zero-order valence-corrected chi connectivity index (χ0v) is 11.1. The topological polar surface area (TPSA) is 66.1 Å². The molecule has 2 aromatic heterocycles. The Morgan fingerprint density at radius 3 is 2.78 bits per heavy atom.